The van der Waals surface area contributed by atoms with Crippen LogP contribution in [0.25, 0.3) is 60.6 Å². The molecule has 0 spiro atoms. The lowest BCUT2D eigenvalue weighted by Gasteiger charge is -2.08. The third-order valence-corrected chi connectivity index (χ3v) is 8.07. The number of fused-ring (bicyclic) bond motifs is 16. The van der Waals surface area contributed by atoms with E-state index in [-0.39, 0.29) is 0 Å². The maximum atomic E-state index is 5.29. The Balaban J connectivity index is 1.36. The van der Waals surface area contributed by atoms with Crippen LogP contribution in [-0.4, -0.2) is 19.4 Å². The average Bonchev–Trinajstić information content (AvgIpc) is 3.60. The number of nitrogens with zero attached hydrogens (tertiary/aromatic N) is 4. The van der Waals surface area contributed by atoms with Crippen LogP contribution >= 0.6 is 0 Å². The van der Waals surface area contributed by atoms with Crippen molar-refractivity contribution in [3.8, 4) is 22.3 Å². The van der Waals surface area contributed by atoms with Gasteiger partial charge in [-0.15, -0.1) is 0 Å². The standard InChI is InChI=1S/C31H18N4/c1-2-4-18-17(3-1)13-24-19(18)5-6-20-21-7-8-28-30(26(21)14-25(20)24)34-31-23-10-12-32-15-27(23)22-9-11-33-16-29(22)35(28)31/h1-12,15-16H,13-14H2. The van der Waals surface area contributed by atoms with Crippen molar-refractivity contribution in [2.75, 3.05) is 0 Å². The first-order valence-electron chi connectivity index (χ1n) is 12.0. The maximum Gasteiger partial charge on any atom is 0.146 e. The van der Waals surface area contributed by atoms with E-state index in [1.54, 1.807) is 0 Å². The predicted molar refractivity (Wildman–Crippen MR) is 140 cm³/mol. The molecule has 0 aliphatic heterocycles. The fourth-order valence-electron chi connectivity index (χ4n) is 6.56. The van der Waals surface area contributed by atoms with Crippen LogP contribution in [0.5, 0.6) is 0 Å². The highest BCUT2D eigenvalue weighted by molar-refractivity contribution is 6.13. The predicted octanol–water partition coefficient (Wildman–Crippen LogP) is 6.73. The summed E-state index contributed by atoms with van der Waals surface area (Å²) < 4.78 is 2.28. The molecule has 0 atom stereocenters. The summed E-state index contributed by atoms with van der Waals surface area (Å²) in [5.41, 5.74) is 15.5. The molecular weight excluding hydrogens is 428 g/mol. The number of rotatable bonds is 0. The van der Waals surface area contributed by atoms with Crippen molar-refractivity contribution in [2.45, 2.75) is 12.8 Å². The molecule has 4 aromatic heterocycles. The number of imidazole rings is 1. The molecule has 162 valence electrons. The molecule has 0 unspecified atom stereocenters. The number of aromatic nitrogens is 4. The van der Waals surface area contributed by atoms with E-state index in [2.05, 4.69) is 75.0 Å². The fourth-order valence-corrected chi connectivity index (χ4v) is 6.56. The minimum Gasteiger partial charge on any atom is -0.290 e. The van der Waals surface area contributed by atoms with Crippen LogP contribution < -0.4 is 0 Å². The SMILES string of the molecule is c1ccc2c(c1)Cc1c-2ccc2c1Cc1c-2ccc2c1nc1c3ccncc3c3ccncc3n21. The first-order chi connectivity index (χ1) is 17.4. The van der Waals surface area contributed by atoms with Gasteiger partial charge in [0.15, 0.2) is 0 Å². The molecule has 0 N–H and O–H groups in total. The van der Waals surface area contributed by atoms with E-state index in [1.165, 1.54) is 44.5 Å². The molecule has 2 aliphatic carbocycles. The number of hydrogen-bond donors (Lipinski definition) is 0. The first-order valence-corrected chi connectivity index (χ1v) is 12.0. The third kappa shape index (κ3) is 2.11. The van der Waals surface area contributed by atoms with Gasteiger partial charge in [-0.2, -0.15) is 0 Å². The normalized spacial score (nSPS) is 13.5. The number of hydrogen-bond acceptors (Lipinski definition) is 3. The van der Waals surface area contributed by atoms with E-state index in [9.17, 15) is 0 Å². The van der Waals surface area contributed by atoms with Gasteiger partial charge in [-0.05, 0) is 69.1 Å². The van der Waals surface area contributed by atoms with Crippen LogP contribution in [0.1, 0.15) is 22.3 Å². The zero-order valence-electron chi connectivity index (χ0n) is 18.8. The molecule has 0 saturated heterocycles. The third-order valence-electron chi connectivity index (χ3n) is 8.07. The minimum atomic E-state index is 0.929. The minimum absolute atomic E-state index is 0.929. The maximum absolute atomic E-state index is 5.29. The van der Waals surface area contributed by atoms with Crippen LogP contribution in [0.2, 0.25) is 0 Å². The van der Waals surface area contributed by atoms with Gasteiger partial charge in [0.05, 0.1) is 22.7 Å². The van der Waals surface area contributed by atoms with E-state index >= 15 is 0 Å². The van der Waals surface area contributed by atoms with Crippen LogP contribution in [0.4, 0.5) is 0 Å². The summed E-state index contributed by atoms with van der Waals surface area (Å²) in [5.74, 6) is 0. The molecule has 0 saturated carbocycles. The Hall–Kier alpha value is -4.57. The Labute approximate surface area is 200 Å². The molecule has 0 bridgehead atoms. The highest BCUT2D eigenvalue weighted by atomic mass is 15.0. The first kappa shape index (κ1) is 17.8. The molecule has 7 aromatic rings. The van der Waals surface area contributed by atoms with Gasteiger partial charge in [0.1, 0.15) is 5.65 Å². The van der Waals surface area contributed by atoms with Gasteiger partial charge >= 0.3 is 0 Å². The molecule has 0 radical (unpaired) electrons. The Morgan fingerprint density at radius 2 is 1.31 bits per heavy atom. The molecule has 9 rings (SSSR count). The summed E-state index contributed by atoms with van der Waals surface area (Å²) in [5, 5.41) is 3.38. The van der Waals surface area contributed by atoms with Gasteiger partial charge in [-0.1, -0.05) is 42.5 Å². The van der Waals surface area contributed by atoms with E-state index in [0.29, 0.717) is 0 Å². The van der Waals surface area contributed by atoms with Gasteiger partial charge in [0.2, 0.25) is 0 Å². The summed E-state index contributed by atoms with van der Waals surface area (Å²) in [6.45, 7) is 0. The Kier molecular flexibility index (Phi) is 3.11. The molecular formula is C31H18N4. The van der Waals surface area contributed by atoms with Crippen molar-refractivity contribution in [1.82, 2.24) is 19.4 Å². The average molecular weight is 447 g/mol. The Morgan fingerprint density at radius 3 is 2.26 bits per heavy atom. The lowest BCUT2D eigenvalue weighted by molar-refractivity contribution is 1.17. The molecule has 0 amide bonds. The van der Waals surface area contributed by atoms with Crippen molar-refractivity contribution < 1.29 is 0 Å². The van der Waals surface area contributed by atoms with Crippen molar-refractivity contribution in [1.29, 1.82) is 0 Å². The lowest BCUT2D eigenvalue weighted by atomic mass is 9.96. The summed E-state index contributed by atoms with van der Waals surface area (Å²) in [7, 11) is 0. The van der Waals surface area contributed by atoms with Gasteiger partial charge in [-0.3, -0.25) is 14.4 Å². The second kappa shape index (κ2) is 6.10. The van der Waals surface area contributed by atoms with Crippen molar-refractivity contribution >= 4 is 38.4 Å². The topological polar surface area (TPSA) is 43.1 Å². The number of benzene rings is 3. The lowest BCUT2D eigenvalue weighted by Crippen LogP contribution is -1.92. The largest absolute Gasteiger partial charge is 0.290 e. The van der Waals surface area contributed by atoms with Crippen molar-refractivity contribution in [3.63, 3.8) is 0 Å². The Morgan fingerprint density at radius 1 is 0.571 bits per heavy atom. The van der Waals surface area contributed by atoms with Gasteiger partial charge in [0.25, 0.3) is 0 Å². The van der Waals surface area contributed by atoms with Crippen molar-refractivity contribution in [2.24, 2.45) is 0 Å². The second-order valence-electron chi connectivity index (χ2n) is 9.67. The molecule has 2 aliphatic rings. The smallest absolute Gasteiger partial charge is 0.146 e. The van der Waals surface area contributed by atoms with E-state index < -0.39 is 0 Å². The summed E-state index contributed by atoms with van der Waals surface area (Å²) in [6.07, 6.45) is 9.55. The monoisotopic (exact) mass is 446 g/mol. The highest BCUT2D eigenvalue weighted by Crippen LogP contribution is 2.48. The van der Waals surface area contributed by atoms with Crippen LogP contribution in [0.15, 0.2) is 85.5 Å². The zero-order valence-corrected chi connectivity index (χ0v) is 18.8. The quantitative estimate of drug-likeness (QED) is 0.243. The van der Waals surface area contributed by atoms with E-state index in [1.807, 2.05) is 24.8 Å². The molecule has 35 heavy (non-hydrogen) atoms. The van der Waals surface area contributed by atoms with Crippen LogP contribution in [0, 0.1) is 0 Å². The summed E-state index contributed by atoms with van der Waals surface area (Å²) in [4.78, 5) is 14.1. The number of pyridine rings is 3. The molecule has 4 heterocycles. The molecule has 4 nitrogen and oxygen atoms in total. The fraction of sp³-hybridized carbons (Fsp3) is 0.0645. The Bertz CT molecular complexity index is 2070. The van der Waals surface area contributed by atoms with Gasteiger partial charge < -0.3 is 0 Å². The van der Waals surface area contributed by atoms with Crippen LogP contribution in [0.3, 0.4) is 0 Å². The van der Waals surface area contributed by atoms with Gasteiger partial charge in [-0.25, -0.2) is 4.98 Å². The van der Waals surface area contributed by atoms with Crippen molar-refractivity contribution in [3.05, 3.63) is 108 Å². The molecule has 3 aromatic carbocycles. The molecule has 0 fully saturated rings. The zero-order chi connectivity index (χ0) is 22.7. The van der Waals surface area contributed by atoms with Gasteiger partial charge in [0, 0.05) is 41.2 Å². The summed E-state index contributed by atoms with van der Waals surface area (Å²) >= 11 is 0. The second-order valence-corrected chi connectivity index (χ2v) is 9.67. The van der Waals surface area contributed by atoms with E-state index in [4.69, 9.17) is 4.98 Å². The highest BCUT2D eigenvalue weighted by Gasteiger charge is 2.30. The van der Waals surface area contributed by atoms with Crippen LogP contribution in [-0.2, 0) is 12.8 Å². The summed E-state index contributed by atoms with van der Waals surface area (Å²) in [6, 6.07) is 22.2. The molecule has 4 heteroatoms. The van der Waals surface area contributed by atoms with E-state index in [0.717, 1.165) is 51.2 Å².